The number of hydrogen-bond acceptors (Lipinski definition) is 6. The maximum atomic E-state index is 5.04. The molecule has 0 atom stereocenters. The maximum absolute atomic E-state index is 5.04. The molecule has 248 valence electrons. The van der Waals surface area contributed by atoms with Gasteiger partial charge in [0.05, 0.1) is 22.8 Å². The van der Waals surface area contributed by atoms with Gasteiger partial charge in [-0.2, -0.15) is 0 Å². The van der Waals surface area contributed by atoms with Gasteiger partial charge in [-0.25, -0.2) is 24.9 Å². The largest absolute Gasteiger partial charge is 0.310 e. The number of anilines is 3. The molecule has 8 aromatic rings. The number of benzene rings is 6. The zero-order valence-electron chi connectivity index (χ0n) is 28.8. The van der Waals surface area contributed by atoms with Crippen LogP contribution in [0, 0.1) is 0 Å². The Morgan fingerprint density at radius 1 is 0.365 bits per heavy atom. The van der Waals surface area contributed by atoms with Gasteiger partial charge in [0.25, 0.3) is 0 Å². The van der Waals surface area contributed by atoms with Crippen molar-refractivity contribution in [2.24, 2.45) is 0 Å². The first-order valence-electron chi connectivity index (χ1n) is 17.4. The predicted molar refractivity (Wildman–Crippen MR) is 209 cm³/mol. The summed E-state index contributed by atoms with van der Waals surface area (Å²) in [7, 11) is 0. The van der Waals surface area contributed by atoms with Crippen LogP contribution in [0.15, 0.2) is 170 Å². The van der Waals surface area contributed by atoms with Crippen LogP contribution in [-0.4, -0.2) is 24.9 Å². The molecule has 0 saturated heterocycles. The summed E-state index contributed by atoms with van der Waals surface area (Å²) in [5.74, 6) is 1.94. The van der Waals surface area contributed by atoms with E-state index in [1.165, 1.54) is 22.5 Å². The second-order valence-corrected chi connectivity index (χ2v) is 13.4. The van der Waals surface area contributed by atoms with Crippen LogP contribution in [0.25, 0.3) is 56.9 Å². The molecule has 0 spiro atoms. The number of rotatable bonds is 6. The van der Waals surface area contributed by atoms with Crippen molar-refractivity contribution in [2.75, 3.05) is 4.90 Å². The van der Waals surface area contributed by atoms with Crippen molar-refractivity contribution in [1.29, 1.82) is 0 Å². The molecule has 0 aliphatic carbocycles. The first-order valence-corrected chi connectivity index (χ1v) is 17.4. The van der Waals surface area contributed by atoms with E-state index >= 15 is 0 Å². The number of aromatic nitrogens is 5. The molecule has 0 fully saturated rings. The highest BCUT2D eigenvalue weighted by molar-refractivity contribution is 5.86. The highest BCUT2D eigenvalue weighted by Crippen LogP contribution is 2.51. The third kappa shape index (κ3) is 5.60. The fourth-order valence-corrected chi connectivity index (χ4v) is 7.09. The second kappa shape index (κ2) is 12.8. The molecular weight excluding hydrogens is 637 g/mol. The number of hydrogen-bond donors (Lipinski definition) is 0. The van der Waals surface area contributed by atoms with E-state index in [0.717, 1.165) is 39.3 Å². The van der Waals surface area contributed by atoms with Crippen LogP contribution in [0.3, 0.4) is 0 Å². The van der Waals surface area contributed by atoms with E-state index in [1.807, 2.05) is 72.8 Å². The zero-order chi connectivity index (χ0) is 35.1. The number of para-hydroxylation sites is 2. The fourth-order valence-electron chi connectivity index (χ4n) is 7.09. The Morgan fingerprint density at radius 3 is 1.25 bits per heavy atom. The summed E-state index contributed by atoms with van der Waals surface area (Å²) in [6, 6.07) is 58.1. The summed E-state index contributed by atoms with van der Waals surface area (Å²) in [4.78, 5) is 27.4. The third-order valence-corrected chi connectivity index (χ3v) is 9.75. The molecule has 6 heteroatoms. The van der Waals surface area contributed by atoms with E-state index in [0.29, 0.717) is 23.3 Å². The predicted octanol–water partition coefficient (Wildman–Crippen LogP) is 11.1. The highest BCUT2D eigenvalue weighted by Gasteiger charge is 2.36. The molecule has 6 aromatic carbocycles. The molecule has 6 nitrogen and oxygen atoms in total. The third-order valence-electron chi connectivity index (χ3n) is 9.75. The molecule has 2 aromatic heterocycles. The summed E-state index contributed by atoms with van der Waals surface area (Å²) in [5, 5.41) is 0. The van der Waals surface area contributed by atoms with Crippen molar-refractivity contribution in [2.45, 2.75) is 19.3 Å². The van der Waals surface area contributed by atoms with E-state index in [1.54, 1.807) is 0 Å². The van der Waals surface area contributed by atoms with Crippen molar-refractivity contribution >= 4 is 17.1 Å². The summed E-state index contributed by atoms with van der Waals surface area (Å²) in [6.45, 7) is 4.60. The monoisotopic (exact) mass is 670 g/mol. The normalized spacial score (nSPS) is 12.9. The van der Waals surface area contributed by atoms with Crippen LogP contribution in [0.2, 0.25) is 0 Å². The number of nitrogens with zero attached hydrogens (tertiary/aromatic N) is 6. The van der Waals surface area contributed by atoms with E-state index in [2.05, 4.69) is 116 Å². The smallest absolute Gasteiger partial charge is 0.201 e. The topological polar surface area (TPSA) is 67.7 Å². The average molecular weight is 671 g/mol. The lowest BCUT2D eigenvalue weighted by atomic mass is 9.73. The number of fused-ring (bicyclic) bond motifs is 2. The van der Waals surface area contributed by atoms with Crippen molar-refractivity contribution in [3.63, 3.8) is 0 Å². The zero-order valence-corrected chi connectivity index (χ0v) is 28.8. The second-order valence-electron chi connectivity index (χ2n) is 13.4. The van der Waals surface area contributed by atoms with E-state index < -0.39 is 0 Å². The van der Waals surface area contributed by atoms with Crippen LogP contribution >= 0.6 is 0 Å². The minimum Gasteiger partial charge on any atom is -0.310 e. The van der Waals surface area contributed by atoms with Gasteiger partial charge in [0, 0.05) is 33.4 Å². The molecule has 1 aliphatic heterocycles. The Bertz CT molecular complexity index is 2430. The fraction of sp³-hybridized carbons (Fsp3) is 0.0652. The van der Waals surface area contributed by atoms with Gasteiger partial charge in [-0.1, -0.05) is 141 Å². The minimum atomic E-state index is -0.126. The van der Waals surface area contributed by atoms with Gasteiger partial charge in [0.15, 0.2) is 17.5 Å². The molecular formula is C46H34N6. The molecule has 0 N–H and O–H groups in total. The summed E-state index contributed by atoms with van der Waals surface area (Å²) < 4.78 is 0. The quantitative estimate of drug-likeness (QED) is 0.175. The molecule has 3 heterocycles. The summed E-state index contributed by atoms with van der Waals surface area (Å²) in [6.07, 6.45) is 0. The van der Waals surface area contributed by atoms with Crippen LogP contribution in [-0.2, 0) is 5.41 Å². The average Bonchev–Trinajstić information content (AvgIpc) is 3.22. The molecule has 52 heavy (non-hydrogen) atoms. The minimum absolute atomic E-state index is 0.126. The lowest BCUT2D eigenvalue weighted by Crippen LogP contribution is -2.30. The van der Waals surface area contributed by atoms with Crippen LogP contribution < -0.4 is 4.90 Å². The Hall–Kier alpha value is -6.79. The Morgan fingerprint density at radius 2 is 0.750 bits per heavy atom. The molecule has 9 rings (SSSR count). The first kappa shape index (κ1) is 31.2. The molecule has 0 amide bonds. The maximum Gasteiger partial charge on any atom is 0.201 e. The van der Waals surface area contributed by atoms with Crippen molar-refractivity contribution in [3.05, 3.63) is 181 Å². The van der Waals surface area contributed by atoms with Crippen LogP contribution in [0.5, 0.6) is 0 Å². The van der Waals surface area contributed by atoms with Gasteiger partial charge in [-0.05, 0) is 53.6 Å². The molecule has 0 radical (unpaired) electrons. The van der Waals surface area contributed by atoms with Crippen LogP contribution in [0.1, 0.15) is 25.0 Å². The van der Waals surface area contributed by atoms with E-state index in [4.69, 9.17) is 24.9 Å². The van der Waals surface area contributed by atoms with Gasteiger partial charge in [-0.15, -0.1) is 0 Å². The molecule has 0 saturated carbocycles. The van der Waals surface area contributed by atoms with E-state index in [-0.39, 0.29) is 5.41 Å². The van der Waals surface area contributed by atoms with E-state index in [9.17, 15) is 0 Å². The van der Waals surface area contributed by atoms with Gasteiger partial charge < -0.3 is 4.90 Å². The first-order chi connectivity index (χ1) is 25.5. The standard InChI is InChI=1S/C46H34N6/c1-46(2)36-22-12-14-24-40(36)52(41-25-15-13-23-37(41)46)35-28-26-34(27-29-35)43-49-42(33-20-10-5-11-21-33)50-45(51-43)44-47-38(31-16-6-3-7-17-31)30-39(48-44)32-18-8-4-9-19-32/h3-30H,1-2H3. The van der Waals surface area contributed by atoms with Crippen molar-refractivity contribution in [3.8, 4) is 56.9 Å². The Kier molecular flexibility index (Phi) is 7.70. The summed E-state index contributed by atoms with van der Waals surface area (Å²) >= 11 is 0. The summed E-state index contributed by atoms with van der Waals surface area (Å²) in [5.41, 5.74) is 11.2. The Labute approximate surface area is 303 Å². The SMILES string of the molecule is CC1(C)c2ccccc2N(c2ccc(-c3nc(-c4ccccc4)nc(-c4nc(-c5ccccc5)cc(-c5ccccc5)n4)n3)cc2)c2ccccc21. The van der Waals surface area contributed by atoms with Crippen molar-refractivity contribution < 1.29 is 0 Å². The van der Waals surface area contributed by atoms with Gasteiger partial charge >= 0.3 is 0 Å². The van der Waals surface area contributed by atoms with Gasteiger partial charge in [-0.3, -0.25) is 0 Å². The van der Waals surface area contributed by atoms with Gasteiger partial charge in [0.2, 0.25) is 5.82 Å². The van der Waals surface area contributed by atoms with Crippen LogP contribution in [0.4, 0.5) is 17.1 Å². The lowest BCUT2D eigenvalue weighted by Gasteiger charge is -2.42. The Balaban J connectivity index is 1.18. The lowest BCUT2D eigenvalue weighted by molar-refractivity contribution is 0.632. The highest BCUT2D eigenvalue weighted by atomic mass is 15.2. The van der Waals surface area contributed by atoms with Gasteiger partial charge in [0.1, 0.15) is 0 Å². The molecule has 1 aliphatic rings. The molecule has 0 unspecified atom stereocenters. The van der Waals surface area contributed by atoms with Crippen molar-refractivity contribution in [1.82, 2.24) is 24.9 Å². The molecule has 0 bridgehead atoms.